The molecule has 80 valence electrons. The number of aliphatic imine (C=N–C) groups is 1. The summed E-state index contributed by atoms with van der Waals surface area (Å²) in [4.78, 5) is 4.40. The molecule has 3 nitrogen and oxygen atoms in total. The van der Waals surface area contributed by atoms with Gasteiger partial charge in [0.1, 0.15) is 0 Å². The Balaban J connectivity index is 1.67. The molecule has 0 amide bonds. The summed E-state index contributed by atoms with van der Waals surface area (Å²) in [6, 6.07) is 0. The summed E-state index contributed by atoms with van der Waals surface area (Å²) in [5.74, 6) is 1.65. The lowest BCUT2D eigenvalue weighted by atomic mass is 9.81. The average molecular weight is 196 g/mol. The summed E-state index contributed by atoms with van der Waals surface area (Å²) >= 11 is 0. The first-order valence-electron chi connectivity index (χ1n) is 5.81. The Morgan fingerprint density at radius 3 is 2.79 bits per heavy atom. The predicted molar refractivity (Wildman–Crippen MR) is 57.5 cm³/mol. The van der Waals surface area contributed by atoms with Crippen LogP contribution < -0.4 is 5.32 Å². The Labute approximate surface area is 85.6 Å². The highest BCUT2D eigenvalue weighted by Crippen LogP contribution is 2.29. The molecule has 1 fully saturated rings. The molecule has 0 bridgehead atoms. The fraction of sp³-hybridized carbons (Fsp3) is 0.909. The molecule has 0 aromatic heterocycles. The van der Waals surface area contributed by atoms with Crippen molar-refractivity contribution in [3.8, 4) is 0 Å². The lowest BCUT2D eigenvalue weighted by Gasteiger charge is -2.30. The predicted octanol–water partition coefficient (Wildman–Crippen LogP) is 1.32. The van der Waals surface area contributed by atoms with Gasteiger partial charge in [-0.05, 0) is 31.6 Å². The van der Waals surface area contributed by atoms with E-state index < -0.39 is 0 Å². The number of amidine groups is 1. The van der Waals surface area contributed by atoms with Crippen molar-refractivity contribution in [3.05, 3.63) is 0 Å². The number of hydrogen-bond acceptors (Lipinski definition) is 3. The van der Waals surface area contributed by atoms with Gasteiger partial charge in [0.15, 0.2) is 0 Å². The molecule has 2 N–H and O–H groups in total. The van der Waals surface area contributed by atoms with Gasteiger partial charge in [-0.25, -0.2) is 0 Å². The van der Waals surface area contributed by atoms with Gasteiger partial charge >= 0.3 is 0 Å². The molecule has 0 saturated heterocycles. The Bertz CT molecular complexity index is 211. The zero-order valence-electron chi connectivity index (χ0n) is 8.71. The van der Waals surface area contributed by atoms with Crippen molar-refractivity contribution in [2.24, 2.45) is 10.9 Å². The number of rotatable bonds is 3. The van der Waals surface area contributed by atoms with Crippen LogP contribution in [0.2, 0.25) is 0 Å². The van der Waals surface area contributed by atoms with Crippen LogP contribution in [0.3, 0.4) is 0 Å². The normalized spacial score (nSPS) is 25.1. The lowest BCUT2D eigenvalue weighted by Crippen LogP contribution is -2.39. The van der Waals surface area contributed by atoms with E-state index in [4.69, 9.17) is 0 Å². The Hall–Kier alpha value is -0.570. The first kappa shape index (κ1) is 9.97. The van der Waals surface area contributed by atoms with Crippen molar-refractivity contribution in [2.75, 3.05) is 13.1 Å². The van der Waals surface area contributed by atoms with Gasteiger partial charge in [0.05, 0.1) is 11.9 Å². The van der Waals surface area contributed by atoms with Crippen LogP contribution in [0.1, 0.15) is 38.5 Å². The van der Waals surface area contributed by atoms with Crippen LogP contribution in [0.15, 0.2) is 4.99 Å². The van der Waals surface area contributed by atoms with Crippen LogP contribution in [0.4, 0.5) is 0 Å². The summed E-state index contributed by atoms with van der Waals surface area (Å²) in [6.45, 7) is 1.66. The van der Waals surface area contributed by atoms with Gasteiger partial charge in [0.25, 0.3) is 0 Å². The van der Waals surface area contributed by atoms with Crippen LogP contribution in [0.5, 0.6) is 0 Å². The zero-order valence-corrected chi connectivity index (χ0v) is 8.71. The summed E-state index contributed by atoms with van der Waals surface area (Å²) in [5, 5.41) is 13.1. The lowest BCUT2D eigenvalue weighted by molar-refractivity contribution is 0.0659. The van der Waals surface area contributed by atoms with E-state index in [1.807, 2.05) is 0 Å². The molecule has 14 heavy (non-hydrogen) atoms. The highest BCUT2D eigenvalue weighted by atomic mass is 16.3. The number of aliphatic hydroxyl groups is 1. The highest BCUT2D eigenvalue weighted by Gasteiger charge is 2.25. The molecule has 1 unspecified atom stereocenters. The minimum atomic E-state index is -0.159. The molecule has 2 rings (SSSR count). The third kappa shape index (κ3) is 2.47. The van der Waals surface area contributed by atoms with Crippen molar-refractivity contribution in [1.29, 1.82) is 0 Å². The fourth-order valence-electron chi connectivity index (χ4n) is 2.06. The Kier molecular flexibility index (Phi) is 3.40. The van der Waals surface area contributed by atoms with E-state index in [0.717, 1.165) is 18.8 Å². The van der Waals surface area contributed by atoms with Crippen molar-refractivity contribution in [1.82, 2.24) is 5.32 Å². The van der Waals surface area contributed by atoms with Crippen LogP contribution in [-0.2, 0) is 0 Å². The molecule has 1 atom stereocenters. The van der Waals surface area contributed by atoms with Gasteiger partial charge in [-0.3, -0.25) is 4.99 Å². The average Bonchev–Trinajstić information content (AvgIpc) is 2.14. The molecule has 2 aliphatic rings. The van der Waals surface area contributed by atoms with Crippen molar-refractivity contribution >= 4 is 5.84 Å². The van der Waals surface area contributed by atoms with Crippen LogP contribution >= 0.6 is 0 Å². The largest absolute Gasteiger partial charge is 0.391 e. The Morgan fingerprint density at radius 2 is 2.21 bits per heavy atom. The number of aliphatic hydroxyl groups excluding tert-OH is 1. The van der Waals surface area contributed by atoms with Gasteiger partial charge in [-0.1, -0.05) is 6.42 Å². The minimum absolute atomic E-state index is 0.159. The highest BCUT2D eigenvalue weighted by molar-refractivity contribution is 5.82. The fourth-order valence-corrected chi connectivity index (χ4v) is 2.06. The van der Waals surface area contributed by atoms with E-state index in [0.29, 0.717) is 12.5 Å². The molecule has 3 heteroatoms. The smallest absolute Gasteiger partial charge is 0.0963 e. The summed E-state index contributed by atoms with van der Waals surface area (Å²) in [7, 11) is 0. The molecule has 0 spiro atoms. The van der Waals surface area contributed by atoms with E-state index in [1.165, 1.54) is 32.1 Å². The number of hydrogen-bond donors (Lipinski definition) is 2. The van der Waals surface area contributed by atoms with Gasteiger partial charge in [0.2, 0.25) is 0 Å². The third-order valence-corrected chi connectivity index (χ3v) is 3.33. The first-order valence-corrected chi connectivity index (χ1v) is 5.81. The molecule has 0 radical (unpaired) electrons. The van der Waals surface area contributed by atoms with Crippen molar-refractivity contribution < 1.29 is 5.11 Å². The summed E-state index contributed by atoms with van der Waals surface area (Å²) in [6.07, 6.45) is 7.07. The maximum Gasteiger partial charge on any atom is 0.0963 e. The maximum absolute atomic E-state index is 9.78. The monoisotopic (exact) mass is 196 g/mol. The second-order valence-electron chi connectivity index (χ2n) is 4.42. The second kappa shape index (κ2) is 4.78. The van der Waals surface area contributed by atoms with Crippen molar-refractivity contribution in [3.63, 3.8) is 0 Å². The van der Waals surface area contributed by atoms with E-state index in [-0.39, 0.29) is 6.10 Å². The first-order chi connectivity index (χ1) is 6.86. The summed E-state index contributed by atoms with van der Waals surface area (Å²) < 4.78 is 0. The molecule has 1 heterocycles. The molecular formula is C11H20N2O. The zero-order chi connectivity index (χ0) is 9.80. The minimum Gasteiger partial charge on any atom is -0.391 e. The van der Waals surface area contributed by atoms with E-state index in [9.17, 15) is 5.11 Å². The van der Waals surface area contributed by atoms with Gasteiger partial charge < -0.3 is 10.4 Å². The van der Waals surface area contributed by atoms with E-state index >= 15 is 0 Å². The molecular weight excluding hydrogens is 176 g/mol. The molecule has 1 saturated carbocycles. The molecule has 0 aromatic carbocycles. The van der Waals surface area contributed by atoms with E-state index in [2.05, 4.69) is 10.3 Å². The van der Waals surface area contributed by atoms with Gasteiger partial charge in [-0.2, -0.15) is 0 Å². The number of nitrogens with zero attached hydrogens (tertiary/aromatic N) is 1. The topological polar surface area (TPSA) is 44.6 Å². The summed E-state index contributed by atoms with van der Waals surface area (Å²) in [5.41, 5.74) is 0. The van der Waals surface area contributed by atoms with Crippen LogP contribution in [0.25, 0.3) is 0 Å². The molecule has 1 aliphatic carbocycles. The SMILES string of the molecule is OC(CNC1=NCCCC1)C1CCC1. The van der Waals surface area contributed by atoms with Crippen LogP contribution in [-0.4, -0.2) is 30.1 Å². The standard InChI is InChI=1S/C11H20N2O/c14-10(9-4-3-5-9)8-13-11-6-1-2-7-12-11/h9-10,14H,1-8H2,(H,12,13). The molecule has 0 aromatic rings. The third-order valence-electron chi connectivity index (χ3n) is 3.33. The van der Waals surface area contributed by atoms with Crippen molar-refractivity contribution in [2.45, 2.75) is 44.6 Å². The quantitative estimate of drug-likeness (QED) is 0.715. The number of nitrogens with one attached hydrogen (secondary N) is 1. The second-order valence-corrected chi connectivity index (χ2v) is 4.42. The van der Waals surface area contributed by atoms with Gasteiger partial charge in [0, 0.05) is 19.5 Å². The van der Waals surface area contributed by atoms with E-state index in [1.54, 1.807) is 0 Å². The molecule has 1 aliphatic heterocycles. The maximum atomic E-state index is 9.78. The van der Waals surface area contributed by atoms with Crippen LogP contribution in [0, 0.1) is 5.92 Å². The van der Waals surface area contributed by atoms with Gasteiger partial charge in [-0.15, -0.1) is 0 Å². The Morgan fingerprint density at radius 1 is 1.36 bits per heavy atom.